The van der Waals surface area contributed by atoms with Crippen molar-refractivity contribution in [3.63, 3.8) is 0 Å². The lowest BCUT2D eigenvalue weighted by molar-refractivity contribution is 0.0949. The summed E-state index contributed by atoms with van der Waals surface area (Å²) >= 11 is 0. The van der Waals surface area contributed by atoms with E-state index >= 15 is 0 Å². The van der Waals surface area contributed by atoms with Gasteiger partial charge in [-0.15, -0.1) is 0 Å². The van der Waals surface area contributed by atoms with E-state index in [0.29, 0.717) is 12.4 Å². The Kier molecular flexibility index (Phi) is 4.99. The van der Waals surface area contributed by atoms with Gasteiger partial charge in [0.15, 0.2) is 11.5 Å². The zero-order chi connectivity index (χ0) is 18.8. The average Bonchev–Trinajstić information content (AvgIpc) is 3.36. The van der Waals surface area contributed by atoms with Gasteiger partial charge < -0.3 is 9.32 Å². The van der Waals surface area contributed by atoms with Gasteiger partial charge in [0.2, 0.25) is 17.4 Å². The van der Waals surface area contributed by atoms with Crippen molar-refractivity contribution in [1.82, 2.24) is 9.88 Å². The topological polar surface area (TPSA) is 75.8 Å². The first kappa shape index (κ1) is 17.8. The van der Waals surface area contributed by atoms with Gasteiger partial charge in [-0.1, -0.05) is 19.1 Å². The number of ketones is 2. The number of oxazole rings is 1. The molecule has 0 radical (unpaired) electrons. The maximum Gasteiger partial charge on any atom is 0.244 e. The van der Waals surface area contributed by atoms with Gasteiger partial charge in [0.1, 0.15) is 0 Å². The van der Waals surface area contributed by atoms with E-state index in [1.165, 1.54) is 18.4 Å². The molecule has 0 atom stereocenters. The average molecular weight is 365 g/mol. The predicted octanol–water partition coefficient (Wildman–Crippen LogP) is 3.21. The van der Waals surface area contributed by atoms with E-state index in [2.05, 4.69) is 21.8 Å². The van der Waals surface area contributed by atoms with Crippen molar-refractivity contribution in [2.45, 2.75) is 32.6 Å². The number of likely N-dealkylation sites (tertiary alicyclic amines) is 1. The van der Waals surface area contributed by atoms with Gasteiger partial charge in [-0.3, -0.25) is 14.6 Å². The van der Waals surface area contributed by atoms with Crippen LogP contribution in [0, 0.1) is 0 Å². The molecule has 1 saturated heterocycles. The maximum atomic E-state index is 12.7. The molecular weight excluding hydrogens is 342 g/mol. The Morgan fingerprint density at radius 2 is 1.89 bits per heavy atom. The minimum Gasteiger partial charge on any atom is -0.432 e. The third kappa shape index (κ3) is 3.62. The van der Waals surface area contributed by atoms with Gasteiger partial charge >= 0.3 is 0 Å². The number of carbonyl (C=O) groups excluding carboxylic acids is 2. The van der Waals surface area contributed by atoms with Crippen molar-refractivity contribution in [3.8, 4) is 11.5 Å². The highest BCUT2D eigenvalue weighted by molar-refractivity contribution is 6.51. The van der Waals surface area contributed by atoms with Crippen LogP contribution in [0.4, 0.5) is 0 Å². The second-order valence-corrected chi connectivity index (χ2v) is 7.05. The summed E-state index contributed by atoms with van der Waals surface area (Å²) in [5, 5.41) is 0. The molecule has 0 amide bonds. The van der Waals surface area contributed by atoms with Crippen LogP contribution in [0.3, 0.4) is 0 Å². The third-order valence-electron chi connectivity index (χ3n) is 5.21. The van der Waals surface area contributed by atoms with Crippen LogP contribution in [0.15, 0.2) is 33.7 Å². The van der Waals surface area contributed by atoms with Crippen molar-refractivity contribution >= 4 is 17.3 Å². The Morgan fingerprint density at radius 1 is 1.15 bits per heavy atom. The molecule has 0 spiro atoms. The molecule has 0 N–H and O–H groups in total. The zero-order valence-corrected chi connectivity index (χ0v) is 15.5. The molecule has 6 nitrogen and oxygen atoms in total. The van der Waals surface area contributed by atoms with E-state index in [9.17, 15) is 9.59 Å². The fourth-order valence-electron chi connectivity index (χ4n) is 3.58. The maximum absolute atomic E-state index is 12.7. The molecule has 1 aromatic heterocycles. The van der Waals surface area contributed by atoms with Gasteiger partial charge in [0.05, 0.1) is 18.7 Å². The lowest BCUT2D eigenvalue weighted by Gasteiger charge is -2.13. The van der Waals surface area contributed by atoms with E-state index in [1.54, 1.807) is 0 Å². The van der Waals surface area contributed by atoms with Crippen molar-refractivity contribution in [2.24, 2.45) is 4.99 Å². The number of carbonyl (C=O) groups is 2. The summed E-state index contributed by atoms with van der Waals surface area (Å²) < 4.78 is 5.69. The monoisotopic (exact) mass is 365 g/mol. The lowest BCUT2D eigenvalue weighted by Crippen LogP contribution is -2.28. The van der Waals surface area contributed by atoms with Crippen molar-refractivity contribution in [3.05, 3.63) is 41.3 Å². The molecule has 0 bridgehead atoms. The molecule has 2 aliphatic rings. The molecule has 2 heterocycles. The summed E-state index contributed by atoms with van der Waals surface area (Å²) in [5.74, 6) is -0.178. The van der Waals surface area contributed by atoms with E-state index < -0.39 is 0 Å². The Morgan fingerprint density at radius 3 is 2.59 bits per heavy atom. The second-order valence-electron chi connectivity index (χ2n) is 7.05. The van der Waals surface area contributed by atoms with E-state index in [0.717, 1.165) is 31.6 Å². The quantitative estimate of drug-likeness (QED) is 0.813. The highest BCUT2D eigenvalue weighted by Crippen LogP contribution is 2.27. The first-order valence-electron chi connectivity index (χ1n) is 9.59. The largest absolute Gasteiger partial charge is 0.432 e. The summed E-state index contributed by atoms with van der Waals surface area (Å²) in [4.78, 5) is 36.2. The fourth-order valence-corrected chi connectivity index (χ4v) is 3.58. The van der Waals surface area contributed by atoms with Crippen LogP contribution in [-0.2, 0) is 6.42 Å². The van der Waals surface area contributed by atoms with Crippen LogP contribution in [0.1, 0.15) is 52.8 Å². The molecule has 140 valence electrons. The molecule has 1 aliphatic heterocycles. The number of hydrogen-bond donors (Lipinski definition) is 0. The fraction of sp³-hybridized carbons (Fsp3) is 0.429. The van der Waals surface area contributed by atoms with Gasteiger partial charge in [-0.05, 0) is 50.0 Å². The third-order valence-corrected chi connectivity index (χ3v) is 5.21. The molecule has 0 unspecified atom stereocenters. The minimum atomic E-state index is -0.310. The standard InChI is InChI=1S/C21H23N3O3/c1-2-14-5-7-15(8-6-14)21-23-18-17(25)13-16(19(26)20(18)27-21)22-9-12-24-10-3-4-11-24/h5-8H,2-4,9-13H2,1H3. The number of hydrogen-bond acceptors (Lipinski definition) is 6. The van der Waals surface area contributed by atoms with Crippen molar-refractivity contribution in [2.75, 3.05) is 26.2 Å². The summed E-state index contributed by atoms with van der Waals surface area (Å²) in [6, 6.07) is 7.78. The first-order chi connectivity index (χ1) is 13.2. The van der Waals surface area contributed by atoms with Crippen molar-refractivity contribution < 1.29 is 14.0 Å². The molecule has 1 aliphatic carbocycles. The van der Waals surface area contributed by atoms with Crippen molar-refractivity contribution in [1.29, 1.82) is 0 Å². The van der Waals surface area contributed by atoms with Gasteiger partial charge in [0.25, 0.3) is 0 Å². The summed E-state index contributed by atoms with van der Waals surface area (Å²) in [6.07, 6.45) is 3.39. The van der Waals surface area contributed by atoms with Crippen LogP contribution in [0.2, 0.25) is 0 Å². The lowest BCUT2D eigenvalue weighted by atomic mass is 9.97. The highest BCUT2D eigenvalue weighted by Gasteiger charge is 2.35. The molecule has 2 aromatic rings. The Balaban J connectivity index is 1.54. The molecule has 6 heteroatoms. The molecule has 0 saturated carbocycles. The van der Waals surface area contributed by atoms with E-state index in [4.69, 9.17) is 4.42 Å². The number of fused-ring (bicyclic) bond motifs is 1. The molecule has 4 rings (SSSR count). The number of nitrogens with zero attached hydrogens (tertiary/aromatic N) is 3. The van der Waals surface area contributed by atoms with Gasteiger partial charge in [-0.2, -0.15) is 0 Å². The van der Waals surface area contributed by atoms with Crippen LogP contribution in [0.25, 0.3) is 11.5 Å². The minimum absolute atomic E-state index is 0.00653. The highest BCUT2D eigenvalue weighted by atomic mass is 16.4. The van der Waals surface area contributed by atoms with Crippen LogP contribution in [0.5, 0.6) is 0 Å². The number of aromatic nitrogens is 1. The number of benzene rings is 1. The molecule has 1 fully saturated rings. The van der Waals surface area contributed by atoms with Gasteiger partial charge in [-0.25, -0.2) is 4.98 Å². The predicted molar refractivity (Wildman–Crippen MR) is 103 cm³/mol. The molecular formula is C21H23N3O3. The van der Waals surface area contributed by atoms with Gasteiger partial charge in [0, 0.05) is 12.1 Å². The normalized spacial score (nSPS) is 19.1. The Hall–Kier alpha value is -2.60. The second kappa shape index (κ2) is 7.56. The van der Waals surface area contributed by atoms with Crippen LogP contribution >= 0.6 is 0 Å². The summed E-state index contributed by atoms with van der Waals surface area (Å²) in [6.45, 7) is 5.61. The van der Waals surface area contributed by atoms with E-state index in [-0.39, 0.29) is 35.2 Å². The summed E-state index contributed by atoms with van der Waals surface area (Å²) in [5.41, 5.74) is 2.38. The first-order valence-corrected chi connectivity index (χ1v) is 9.59. The smallest absolute Gasteiger partial charge is 0.244 e. The molecule has 1 aromatic carbocycles. The van der Waals surface area contributed by atoms with Crippen LogP contribution in [-0.4, -0.2) is 53.3 Å². The SMILES string of the molecule is CCc1ccc(-c2nc3c(o2)C(=O)C(=NCCN2CCCC2)CC3=O)cc1. The zero-order valence-electron chi connectivity index (χ0n) is 15.5. The number of rotatable bonds is 5. The number of aryl methyl sites for hydroxylation is 1. The number of aliphatic imine (C=N–C) groups is 1. The number of Topliss-reactive ketones (excluding diaryl/α,β-unsaturated/α-hetero) is 2. The Bertz CT molecular complexity index is 890. The van der Waals surface area contributed by atoms with E-state index in [1.807, 2.05) is 24.3 Å². The van der Waals surface area contributed by atoms with Crippen LogP contribution < -0.4 is 0 Å². The Labute approximate surface area is 158 Å². The summed E-state index contributed by atoms with van der Waals surface area (Å²) in [7, 11) is 0. The molecule has 27 heavy (non-hydrogen) atoms.